The van der Waals surface area contributed by atoms with Gasteiger partial charge in [-0.2, -0.15) is 0 Å². The number of nitrogens with one attached hydrogen (secondary N) is 1. The molecule has 7 heteroatoms. The van der Waals surface area contributed by atoms with E-state index in [1.54, 1.807) is 13.4 Å². The second-order valence-corrected chi connectivity index (χ2v) is 6.97. The van der Waals surface area contributed by atoms with Crippen molar-refractivity contribution >= 4 is 11.7 Å². The summed E-state index contributed by atoms with van der Waals surface area (Å²) < 4.78 is 10.6. The molecule has 0 saturated carbocycles. The second kappa shape index (κ2) is 9.37. The Hall–Kier alpha value is -3.45. The van der Waals surface area contributed by atoms with E-state index >= 15 is 0 Å². The highest BCUT2D eigenvalue weighted by Gasteiger charge is 2.14. The molecule has 0 spiro atoms. The fraction of sp³-hybridized carbons (Fsp3) is 0.261. The highest BCUT2D eigenvalue weighted by atomic mass is 16.5. The summed E-state index contributed by atoms with van der Waals surface area (Å²) in [4.78, 5) is 23.5. The molecule has 1 N–H and O–H groups in total. The summed E-state index contributed by atoms with van der Waals surface area (Å²) in [5.74, 6) is 1.54. The number of nitrogens with zero attached hydrogens (tertiary/aromatic N) is 3. The quantitative estimate of drug-likeness (QED) is 0.681. The third-order valence-corrected chi connectivity index (χ3v) is 5.02. The number of benzene rings is 2. The molecule has 0 unspecified atom stereocenters. The van der Waals surface area contributed by atoms with Gasteiger partial charge >= 0.3 is 0 Å². The molecular weight excluding hydrogens is 380 g/mol. The summed E-state index contributed by atoms with van der Waals surface area (Å²) in [5.41, 5.74) is 3.35. The van der Waals surface area contributed by atoms with Crippen molar-refractivity contribution in [1.82, 2.24) is 15.3 Å². The lowest BCUT2D eigenvalue weighted by Gasteiger charge is -2.27. The van der Waals surface area contributed by atoms with Gasteiger partial charge in [-0.15, -0.1) is 0 Å². The molecule has 30 heavy (non-hydrogen) atoms. The molecule has 3 aromatic rings. The second-order valence-electron chi connectivity index (χ2n) is 6.97. The van der Waals surface area contributed by atoms with Crippen LogP contribution in [-0.4, -0.2) is 49.3 Å². The minimum Gasteiger partial charge on any atom is -0.497 e. The molecule has 0 radical (unpaired) electrons. The van der Waals surface area contributed by atoms with Crippen molar-refractivity contribution in [3.05, 3.63) is 72.1 Å². The average Bonchev–Trinajstić information content (AvgIpc) is 2.83. The van der Waals surface area contributed by atoms with Crippen molar-refractivity contribution in [2.45, 2.75) is 6.54 Å². The number of ether oxygens (including phenoxy) is 2. The minimum absolute atomic E-state index is 0.124. The van der Waals surface area contributed by atoms with Crippen molar-refractivity contribution in [1.29, 1.82) is 0 Å². The third kappa shape index (κ3) is 4.75. The van der Waals surface area contributed by atoms with Gasteiger partial charge in [-0.25, -0.2) is 9.97 Å². The number of hydrogen-bond donors (Lipinski definition) is 1. The molecule has 2 heterocycles. The first-order chi connectivity index (χ1) is 14.7. The van der Waals surface area contributed by atoms with Crippen molar-refractivity contribution in [3.8, 4) is 17.0 Å². The maximum atomic E-state index is 12.5. The molecule has 1 aromatic heterocycles. The smallest absolute Gasteiger partial charge is 0.251 e. The molecule has 0 atom stereocenters. The molecule has 2 aromatic carbocycles. The maximum Gasteiger partial charge on any atom is 0.251 e. The Kier molecular flexibility index (Phi) is 6.20. The molecular formula is C23H24N4O3. The molecule has 0 bridgehead atoms. The number of aromatic nitrogens is 2. The van der Waals surface area contributed by atoms with Crippen LogP contribution in [0.1, 0.15) is 15.9 Å². The van der Waals surface area contributed by atoms with E-state index in [2.05, 4.69) is 20.2 Å². The van der Waals surface area contributed by atoms with Crippen LogP contribution in [0.5, 0.6) is 5.75 Å². The number of amides is 1. The van der Waals surface area contributed by atoms with Gasteiger partial charge in [0.15, 0.2) is 0 Å². The fourth-order valence-corrected chi connectivity index (χ4v) is 3.33. The van der Waals surface area contributed by atoms with Crippen LogP contribution in [0.15, 0.2) is 60.9 Å². The Bertz CT molecular complexity index is 1000. The van der Waals surface area contributed by atoms with E-state index in [1.807, 2.05) is 54.6 Å². The molecule has 1 fully saturated rings. The van der Waals surface area contributed by atoms with Gasteiger partial charge in [0.05, 0.1) is 26.0 Å². The zero-order chi connectivity index (χ0) is 20.8. The summed E-state index contributed by atoms with van der Waals surface area (Å²) in [5, 5.41) is 2.94. The van der Waals surface area contributed by atoms with E-state index in [-0.39, 0.29) is 5.91 Å². The van der Waals surface area contributed by atoms with Crippen molar-refractivity contribution < 1.29 is 14.3 Å². The highest BCUT2D eigenvalue weighted by Crippen LogP contribution is 2.22. The number of hydrogen-bond acceptors (Lipinski definition) is 6. The Morgan fingerprint density at radius 1 is 1.10 bits per heavy atom. The molecule has 154 valence electrons. The lowest BCUT2D eigenvalue weighted by molar-refractivity contribution is 0.0951. The average molecular weight is 404 g/mol. The number of methoxy groups -OCH3 is 1. The summed E-state index contributed by atoms with van der Waals surface area (Å²) in [7, 11) is 1.63. The van der Waals surface area contributed by atoms with Crippen molar-refractivity contribution in [3.63, 3.8) is 0 Å². The van der Waals surface area contributed by atoms with Gasteiger partial charge in [-0.1, -0.05) is 24.3 Å². The molecule has 4 rings (SSSR count). The SMILES string of the molecule is COc1cccc(CNC(=O)c2ccc(-c3cc(N4CCOCC4)ncn3)cc2)c1. The Morgan fingerprint density at radius 2 is 1.90 bits per heavy atom. The zero-order valence-corrected chi connectivity index (χ0v) is 16.9. The van der Waals surface area contributed by atoms with E-state index in [1.165, 1.54) is 0 Å². The van der Waals surface area contributed by atoms with Crippen LogP contribution in [0.3, 0.4) is 0 Å². The summed E-state index contributed by atoms with van der Waals surface area (Å²) in [6.45, 7) is 3.50. The van der Waals surface area contributed by atoms with Gasteiger partial charge in [-0.3, -0.25) is 4.79 Å². The normalized spacial score (nSPS) is 13.7. The van der Waals surface area contributed by atoms with Gasteiger partial charge < -0.3 is 19.7 Å². The van der Waals surface area contributed by atoms with Crippen molar-refractivity contribution in [2.24, 2.45) is 0 Å². The van der Waals surface area contributed by atoms with Gasteiger partial charge in [0.1, 0.15) is 17.9 Å². The fourth-order valence-electron chi connectivity index (χ4n) is 3.33. The standard InChI is InChI=1S/C23H24N4O3/c1-29-20-4-2-3-17(13-20)15-24-23(28)19-7-5-18(6-8-19)21-14-22(26-16-25-21)27-9-11-30-12-10-27/h2-8,13-14,16H,9-12,15H2,1H3,(H,24,28). The van der Waals surface area contributed by atoms with E-state index in [9.17, 15) is 4.79 Å². The highest BCUT2D eigenvalue weighted by molar-refractivity contribution is 5.94. The van der Waals surface area contributed by atoms with Gasteiger partial charge in [0.25, 0.3) is 5.91 Å². The topological polar surface area (TPSA) is 76.6 Å². The number of morpholine rings is 1. The van der Waals surface area contributed by atoms with Crippen LogP contribution < -0.4 is 15.0 Å². The molecule has 1 amide bonds. The predicted octanol–water partition coefficient (Wildman–Crippen LogP) is 2.92. The number of carbonyl (C=O) groups excluding carboxylic acids is 1. The first-order valence-electron chi connectivity index (χ1n) is 9.89. The van der Waals surface area contributed by atoms with Crippen LogP contribution >= 0.6 is 0 Å². The summed E-state index contributed by atoms with van der Waals surface area (Å²) in [6.07, 6.45) is 1.58. The Balaban J connectivity index is 1.41. The van der Waals surface area contributed by atoms with E-state index in [0.29, 0.717) is 25.3 Å². The number of rotatable bonds is 6. The molecule has 1 aliphatic heterocycles. The first-order valence-corrected chi connectivity index (χ1v) is 9.89. The largest absolute Gasteiger partial charge is 0.497 e. The van der Waals surface area contributed by atoms with Crippen LogP contribution in [0, 0.1) is 0 Å². The predicted molar refractivity (Wildman–Crippen MR) is 115 cm³/mol. The van der Waals surface area contributed by atoms with E-state index in [4.69, 9.17) is 9.47 Å². The van der Waals surface area contributed by atoms with Crippen LogP contribution in [0.4, 0.5) is 5.82 Å². The first kappa shape index (κ1) is 19.8. The molecule has 0 aliphatic carbocycles. The summed E-state index contributed by atoms with van der Waals surface area (Å²) >= 11 is 0. The molecule has 1 aliphatic rings. The summed E-state index contributed by atoms with van der Waals surface area (Å²) in [6, 6.07) is 17.1. The van der Waals surface area contributed by atoms with E-state index < -0.39 is 0 Å². The lowest BCUT2D eigenvalue weighted by Crippen LogP contribution is -2.36. The van der Waals surface area contributed by atoms with Gasteiger partial charge in [0, 0.05) is 36.8 Å². The number of carbonyl (C=O) groups is 1. The molecule has 7 nitrogen and oxygen atoms in total. The number of anilines is 1. The third-order valence-electron chi connectivity index (χ3n) is 5.02. The van der Waals surface area contributed by atoms with Gasteiger partial charge in [-0.05, 0) is 29.8 Å². The zero-order valence-electron chi connectivity index (χ0n) is 16.9. The van der Waals surface area contributed by atoms with Crippen molar-refractivity contribution in [2.75, 3.05) is 38.3 Å². The van der Waals surface area contributed by atoms with Crippen LogP contribution in [-0.2, 0) is 11.3 Å². The monoisotopic (exact) mass is 404 g/mol. The lowest BCUT2D eigenvalue weighted by atomic mass is 10.1. The van der Waals surface area contributed by atoms with E-state index in [0.717, 1.165) is 41.5 Å². The van der Waals surface area contributed by atoms with Gasteiger partial charge in [0.2, 0.25) is 0 Å². The minimum atomic E-state index is -0.124. The van der Waals surface area contributed by atoms with Crippen LogP contribution in [0.25, 0.3) is 11.3 Å². The van der Waals surface area contributed by atoms with Crippen LogP contribution in [0.2, 0.25) is 0 Å². The molecule has 1 saturated heterocycles. The Labute approximate surface area is 175 Å². The maximum absolute atomic E-state index is 12.5. The Morgan fingerprint density at radius 3 is 2.67 bits per heavy atom.